The molecule has 0 atom stereocenters. The second-order valence-electron chi connectivity index (χ2n) is 8.01. The van der Waals surface area contributed by atoms with Crippen molar-refractivity contribution >= 4 is 22.6 Å². The summed E-state index contributed by atoms with van der Waals surface area (Å²) >= 11 is 6.31. The van der Waals surface area contributed by atoms with Crippen LogP contribution in [-0.4, -0.2) is 34.1 Å². The Bertz CT molecular complexity index is 960. The number of ether oxygens (including phenoxy) is 1. The van der Waals surface area contributed by atoms with Gasteiger partial charge in [-0.2, -0.15) is 0 Å². The van der Waals surface area contributed by atoms with Crippen LogP contribution in [0.15, 0.2) is 42.5 Å². The Morgan fingerprint density at radius 3 is 2.69 bits per heavy atom. The summed E-state index contributed by atoms with van der Waals surface area (Å²) in [5.74, 6) is 2.65. The molecule has 0 aliphatic carbocycles. The van der Waals surface area contributed by atoms with Gasteiger partial charge in [0.15, 0.2) is 0 Å². The highest BCUT2D eigenvalue weighted by molar-refractivity contribution is 6.30. The standard InChI is InChI=1S/C24H30ClN3O/c1-3-4-15-29-23-10-9-19(25)16-20(23)18-11-13-28(14-12-18)17-24-26-21-7-5-6-8-22(21)27(24)2/h5-10,16,18H,3-4,11-15,17H2,1-2H3. The fraction of sp³-hybridized carbons (Fsp3) is 0.458. The van der Waals surface area contributed by atoms with Gasteiger partial charge in [0.1, 0.15) is 11.6 Å². The van der Waals surface area contributed by atoms with Gasteiger partial charge in [-0.25, -0.2) is 4.98 Å². The molecule has 1 saturated heterocycles. The molecule has 29 heavy (non-hydrogen) atoms. The zero-order valence-electron chi connectivity index (χ0n) is 17.4. The van der Waals surface area contributed by atoms with E-state index >= 15 is 0 Å². The van der Waals surface area contributed by atoms with Crippen LogP contribution in [0.5, 0.6) is 5.75 Å². The Kier molecular flexibility index (Phi) is 6.41. The number of para-hydroxylation sites is 2. The molecule has 4 nitrogen and oxygen atoms in total. The van der Waals surface area contributed by atoms with Crippen LogP contribution in [0.25, 0.3) is 11.0 Å². The van der Waals surface area contributed by atoms with Crippen LogP contribution in [0.2, 0.25) is 5.02 Å². The Labute approximate surface area is 178 Å². The van der Waals surface area contributed by atoms with Crippen molar-refractivity contribution in [3.8, 4) is 5.75 Å². The molecule has 154 valence electrons. The van der Waals surface area contributed by atoms with E-state index in [-0.39, 0.29) is 0 Å². The van der Waals surface area contributed by atoms with E-state index < -0.39 is 0 Å². The van der Waals surface area contributed by atoms with Crippen LogP contribution >= 0.6 is 11.6 Å². The van der Waals surface area contributed by atoms with Crippen molar-refractivity contribution in [3.05, 3.63) is 58.9 Å². The summed E-state index contributed by atoms with van der Waals surface area (Å²) in [6.45, 7) is 5.99. The van der Waals surface area contributed by atoms with Crippen LogP contribution in [0, 0.1) is 0 Å². The molecule has 2 aromatic carbocycles. The van der Waals surface area contributed by atoms with Gasteiger partial charge in [-0.15, -0.1) is 0 Å². The lowest BCUT2D eigenvalue weighted by Gasteiger charge is -2.32. The number of benzene rings is 2. The van der Waals surface area contributed by atoms with Gasteiger partial charge in [0.05, 0.1) is 24.2 Å². The highest BCUT2D eigenvalue weighted by Crippen LogP contribution is 2.36. The maximum absolute atomic E-state index is 6.31. The van der Waals surface area contributed by atoms with Crippen molar-refractivity contribution in [3.63, 3.8) is 0 Å². The van der Waals surface area contributed by atoms with Gasteiger partial charge in [-0.3, -0.25) is 4.90 Å². The van der Waals surface area contributed by atoms with Crippen molar-refractivity contribution in [2.45, 2.75) is 45.1 Å². The van der Waals surface area contributed by atoms with Gasteiger partial charge in [0.2, 0.25) is 0 Å². The van der Waals surface area contributed by atoms with Crippen molar-refractivity contribution in [2.75, 3.05) is 19.7 Å². The number of imidazole rings is 1. The Morgan fingerprint density at radius 2 is 1.93 bits per heavy atom. The quantitative estimate of drug-likeness (QED) is 0.461. The number of likely N-dealkylation sites (tertiary alicyclic amines) is 1. The third kappa shape index (κ3) is 4.59. The van der Waals surface area contributed by atoms with Crippen molar-refractivity contribution in [1.29, 1.82) is 0 Å². The zero-order chi connectivity index (χ0) is 20.2. The van der Waals surface area contributed by atoms with Crippen molar-refractivity contribution in [1.82, 2.24) is 14.5 Å². The second kappa shape index (κ2) is 9.19. The first kappa shape index (κ1) is 20.2. The van der Waals surface area contributed by atoms with Crippen LogP contribution in [0.4, 0.5) is 0 Å². The minimum absolute atomic E-state index is 0.502. The van der Waals surface area contributed by atoms with Crippen LogP contribution in [-0.2, 0) is 13.6 Å². The van der Waals surface area contributed by atoms with E-state index in [0.29, 0.717) is 5.92 Å². The van der Waals surface area contributed by atoms with E-state index in [2.05, 4.69) is 53.8 Å². The van der Waals surface area contributed by atoms with E-state index in [1.165, 1.54) is 11.1 Å². The fourth-order valence-corrected chi connectivity index (χ4v) is 4.42. The highest BCUT2D eigenvalue weighted by Gasteiger charge is 2.24. The number of fused-ring (bicyclic) bond motifs is 1. The monoisotopic (exact) mass is 411 g/mol. The molecule has 0 unspecified atom stereocenters. The maximum atomic E-state index is 6.31. The third-order valence-electron chi connectivity index (χ3n) is 6.00. The van der Waals surface area contributed by atoms with Gasteiger partial charge in [0.25, 0.3) is 0 Å². The van der Waals surface area contributed by atoms with Crippen LogP contribution < -0.4 is 4.74 Å². The molecule has 0 spiro atoms. The van der Waals surface area contributed by atoms with Gasteiger partial charge in [-0.1, -0.05) is 37.1 Å². The molecule has 3 aromatic rings. The number of piperidine rings is 1. The van der Waals surface area contributed by atoms with Crippen molar-refractivity contribution < 1.29 is 4.74 Å². The first-order chi connectivity index (χ1) is 14.2. The van der Waals surface area contributed by atoms with E-state index in [1.807, 2.05) is 12.1 Å². The van der Waals surface area contributed by atoms with E-state index in [0.717, 1.165) is 74.0 Å². The van der Waals surface area contributed by atoms with Gasteiger partial charge in [0, 0.05) is 12.1 Å². The first-order valence-corrected chi connectivity index (χ1v) is 11.1. The minimum Gasteiger partial charge on any atom is -0.493 e. The largest absolute Gasteiger partial charge is 0.493 e. The number of rotatable bonds is 7. The highest BCUT2D eigenvalue weighted by atomic mass is 35.5. The smallest absolute Gasteiger partial charge is 0.123 e. The SMILES string of the molecule is CCCCOc1ccc(Cl)cc1C1CCN(Cc2nc3ccccc3n2C)CC1. The molecule has 0 saturated carbocycles. The van der Waals surface area contributed by atoms with E-state index in [1.54, 1.807) is 0 Å². The number of halogens is 1. The minimum atomic E-state index is 0.502. The topological polar surface area (TPSA) is 30.3 Å². The summed E-state index contributed by atoms with van der Waals surface area (Å²) in [7, 11) is 2.11. The maximum Gasteiger partial charge on any atom is 0.123 e. The average Bonchev–Trinajstić information content (AvgIpc) is 3.05. The lowest BCUT2D eigenvalue weighted by atomic mass is 9.88. The number of unbranched alkanes of at least 4 members (excludes halogenated alkanes) is 1. The number of aryl methyl sites for hydroxylation is 1. The summed E-state index contributed by atoms with van der Waals surface area (Å²) in [6.07, 6.45) is 4.46. The number of nitrogens with zero attached hydrogens (tertiary/aromatic N) is 3. The summed E-state index contributed by atoms with van der Waals surface area (Å²) in [5.41, 5.74) is 3.55. The number of hydrogen-bond donors (Lipinski definition) is 0. The van der Waals surface area contributed by atoms with Crippen LogP contribution in [0.1, 0.15) is 49.9 Å². The Balaban J connectivity index is 1.41. The third-order valence-corrected chi connectivity index (χ3v) is 6.23. The van der Waals surface area contributed by atoms with Gasteiger partial charge in [-0.05, 0) is 74.2 Å². The van der Waals surface area contributed by atoms with E-state index in [4.69, 9.17) is 21.3 Å². The molecule has 4 rings (SSSR count). The molecule has 2 heterocycles. The molecular formula is C24H30ClN3O. The normalized spacial score (nSPS) is 15.8. The molecule has 0 amide bonds. The molecule has 5 heteroatoms. The Morgan fingerprint density at radius 1 is 1.14 bits per heavy atom. The summed E-state index contributed by atoms with van der Waals surface area (Å²) < 4.78 is 8.29. The zero-order valence-corrected chi connectivity index (χ0v) is 18.2. The van der Waals surface area contributed by atoms with Gasteiger partial charge >= 0.3 is 0 Å². The summed E-state index contributed by atoms with van der Waals surface area (Å²) in [5, 5.41) is 0.796. The summed E-state index contributed by atoms with van der Waals surface area (Å²) in [4.78, 5) is 7.35. The molecular weight excluding hydrogens is 382 g/mol. The Hall–Kier alpha value is -2.04. The molecule has 0 radical (unpaired) electrons. The predicted molar refractivity (Wildman–Crippen MR) is 120 cm³/mol. The molecule has 0 N–H and O–H groups in total. The predicted octanol–water partition coefficient (Wildman–Crippen LogP) is 5.79. The molecule has 1 aromatic heterocycles. The molecule has 0 bridgehead atoms. The lowest BCUT2D eigenvalue weighted by molar-refractivity contribution is 0.196. The average molecular weight is 412 g/mol. The number of aromatic nitrogens is 2. The molecule has 1 fully saturated rings. The van der Waals surface area contributed by atoms with Gasteiger partial charge < -0.3 is 9.30 Å². The first-order valence-electron chi connectivity index (χ1n) is 10.7. The number of hydrogen-bond acceptors (Lipinski definition) is 3. The molecule has 1 aliphatic heterocycles. The van der Waals surface area contributed by atoms with Crippen LogP contribution in [0.3, 0.4) is 0 Å². The fourth-order valence-electron chi connectivity index (χ4n) is 4.24. The second-order valence-corrected chi connectivity index (χ2v) is 8.45. The van der Waals surface area contributed by atoms with Crippen molar-refractivity contribution in [2.24, 2.45) is 7.05 Å². The summed E-state index contributed by atoms with van der Waals surface area (Å²) in [6, 6.07) is 14.4. The van der Waals surface area contributed by atoms with E-state index in [9.17, 15) is 0 Å². The molecule has 1 aliphatic rings. The lowest BCUT2D eigenvalue weighted by Crippen LogP contribution is -2.33.